The maximum absolute atomic E-state index is 4.47. The molecule has 2 heterocycles. The van der Waals surface area contributed by atoms with Crippen molar-refractivity contribution in [2.75, 3.05) is 13.1 Å². The second-order valence-corrected chi connectivity index (χ2v) is 4.60. The summed E-state index contributed by atoms with van der Waals surface area (Å²) in [7, 11) is 0. The fourth-order valence-electron chi connectivity index (χ4n) is 2.39. The Bertz CT molecular complexity index is 569. The number of aromatic nitrogens is 1. The molecule has 0 radical (unpaired) electrons. The van der Waals surface area contributed by atoms with E-state index in [0.29, 0.717) is 0 Å². The molecule has 0 unspecified atom stereocenters. The molecule has 0 saturated heterocycles. The van der Waals surface area contributed by atoms with Crippen molar-refractivity contribution < 1.29 is 0 Å². The zero-order valence-corrected chi connectivity index (χ0v) is 10.4. The molecule has 3 nitrogen and oxygen atoms in total. The van der Waals surface area contributed by atoms with Gasteiger partial charge in [0.2, 0.25) is 0 Å². The van der Waals surface area contributed by atoms with Crippen molar-refractivity contribution in [3.63, 3.8) is 0 Å². The molecule has 1 aliphatic heterocycles. The first-order chi connectivity index (χ1) is 8.93. The summed E-state index contributed by atoms with van der Waals surface area (Å²) in [5, 5.41) is 4.63. The fourth-order valence-corrected chi connectivity index (χ4v) is 2.39. The SMILES string of the molecule is c1cnc2c(CCNC3=NCCC3)cccc2c1. The van der Waals surface area contributed by atoms with E-state index in [1.807, 2.05) is 12.3 Å². The molecule has 3 rings (SSSR count). The molecule has 3 heteroatoms. The summed E-state index contributed by atoms with van der Waals surface area (Å²) in [4.78, 5) is 8.89. The van der Waals surface area contributed by atoms with Gasteiger partial charge in [-0.1, -0.05) is 24.3 Å². The summed E-state index contributed by atoms with van der Waals surface area (Å²) in [5.41, 5.74) is 2.43. The minimum Gasteiger partial charge on any atom is -0.374 e. The van der Waals surface area contributed by atoms with E-state index in [1.165, 1.54) is 23.2 Å². The summed E-state index contributed by atoms with van der Waals surface area (Å²) in [6, 6.07) is 10.5. The first-order valence-electron chi connectivity index (χ1n) is 6.53. The first-order valence-corrected chi connectivity index (χ1v) is 6.53. The van der Waals surface area contributed by atoms with Gasteiger partial charge in [0, 0.05) is 31.1 Å². The predicted molar refractivity (Wildman–Crippen MR) is 75.0 cm³/mol. The van der Waals surface area contributed by atoms with E-state index in [9.17, 15) is 0 Å². The van der Waals surface area contributed by atoms with Gasteiger partial charge in [-0.25, -0.2) is 0 Å². The van der Waals surface area contributed by atoms with Crippen LogP contribution in [0, 0.1) is 0 Å². The third kappa shape index (κ3) is 2.35. The van der Waals surface area contributed by atoms with Crippen molar-refractivity contribution in [1.29, 1.82) is 0 Å². The predicted octanol–water partition coefficient (Wildman–Crippen LogP) is 2.56. The van der Waals surface area contributed by atoms with Gasteiger partial charge < -0.3 is 5.32 Å². The van der Waals surface area contributed by atoms with Gasteiger partial charge in [-0.3, -0.25) is 9.98 Å². The van der Waals surface area contributed by atoms with Crippen LogP contribution < -0.4 is 5.32 Å². The quantitative estimate of drug-likeness (QED) is 0.893. The lowest BCUT2D eigenvalue weighted by atomic mass is 10.1. The highest BCUT2D eigenvalue weighted by Crippen LogP contribution is 2.16. The number of hydrogen-bond acceptors (Lipinski definition) is 3. The van der Waals surface area contributed by atoms with E-state index >= 15 is 0 Å². The van der Waals surface area contributed by atoms with Gasteiger partial charge in [-0.15, -0.1) is 0 Å². The normalized spacial score (nSPS) is 14.8. The summed E-state index contributed by atoms with van der Waals surface area (Å²) < 4.78 is 0. The number of fused-ring (bicyclic) bond motifs is 1. The molecule has 0 aliphatic carbocycles. The van der Waals surface area contributed by atoms with Crippen molar-refractivity contribution in [3.05, 3.63) is 42.1 Å². The number of benzene rings is 1. The molecule has 1 aliphatic rings. The number of amidine groups is 1. The Morgan fingerprint density at radius 3 is 3.00 bits per heavy atom. The number of aliphatic imine (C=N–C) groups is 1. The molecular weight excluding hydrogens is 222 g/mol. The smallest absolute Gasteiger partial charge is 0.0963 e. The molecule has 1 aromatic carbocycles. The van der Waals surface area contributed by atoms with E-state index in [0.717, 1.165) is 31.4 Å². The molecule has 0 amide bonds. The number of nitrogens with zero attached hydrogens (tertiary/aromatic N) is 2. The lowest BCUT2D eigenvalue weighted by Crippen LogP contribution is -2.23. The molecule has 1 N–H and O–H groups in total. The molecule has 0 spiro atoms. The fraction of sp³-hybridized carbons (Fsp3) is 0.333. The maximum Gasteiger partial charge on any atom is 0.0963 e. The topological polar surface area (TPSA) is 37.3 Å². The average molecular weight is 239 g/mol. The zero-order valence-electron chi connectivity index (χ0n) is 10.4. The first kappa shape index (κ1) is 11.2. The second-order valence-electron chi connectivity index (χ2n) is 4.60. The third-order valence-electron chi connectivity index (χ3n) is 3.31. The number of rotatable bonds is 3. The third-order valence-corrected chi connectivity index (χ3v) is 3.31. The van der Waals surface area contributed by atoms with Crippen LogP contribution in [-0.4, -0.2) is 23.9 Å². The molecule has 92 valence electrons. The second kappa shape index (κ2) is 5.17. The Kier molecular flexibility index (Phi) is 3.22. The standard InChI is InChI=1S/C15H17N3/c1-4-12-6-2-10-18-15(12)13(5-1)8-11-17-14-7-3-9-16-14/h1-2,4-6,10H,3,7-9,11H2,(H,16,17). The summed E-state index contributed by atoms with van der Waals surface area (Å²) in [5.74, 6) is 1.17. The zero-order chi connectivity index (χ0) is 12.2. The minimum absolute atomic E-state index is 0.939. The lowest BCUT2D eigenvalue weighted by Gasteiger charge is -2.07. The van der Waals surface area contributed by atoms with Gasteiger partial charge in [-0.2, -0.15) is 0 Å². The number of nitrogens with one attached hydrogen (secondary N) is 1. The van der Waals surface area contributed by atoms with Crippen LogP contribution in [-0.2, 0) is 6.42 Å². The van der Waals surface area contributed by atoms with Crippen LogP contribution in [0.4, 0.5) is 0 Å². The number of para-hydroxylation sites is 1. The van der Waals surface area contributed by atoms with Crippen LogP contribution in [0.15, 0.2) is 41.5 Å². The van der Waals surface area contributed by atoms with Crippen LogP contribution in [0.25, 0.3) is 10.9 Å². The Hall–Kier alpha value is -1.90. The summed E-state index contributed by atoms with van der Waals surface area (Å²) >= 11 is 0. The van der Waals surface area contributed by atoms with Crippen LogP contribution >= 0.6 is 0 Å². The Labute approximate surface area is 107 Å². The molecular formula is C15H17N3. The van der Waals surface area contributed by atoms with E-state index < -0.39 is 0 Å². The van der Waals surface area contributed by atoms with Crippen LogP contribution in [0.2, 0.25) is 0 Å². The van der Waals surface area contributed by atoms with Crippen molar-refractivity contribution in [2.24, 2.45) is 4.99 Å². The maximum atomic E-state index is 4.47. The molecule has 1 aromatic heterocycles. The van der Waals surface area contributed by atoms with Gasteiger partial charge in [0.05, 0.1) is 11.4 Å². The van der Waals surface area contributed by atoms with E-state index in [1.54, 1.807) is 0 Å². The van der Waals surface area contributed by atoms with Crippen molar-refractivity contribution in [2.45, 2.75) is 19.3 Å². The Morgan fingerprint density at radius 1 is 1.17 bits per heavy atom. The van der Waals surface area contributed by atoms with Crippen LogP contribution in [0.5, 0.6) is 0 Å². The highest BCUT2D eigenvalue weighted by atomic mass is 15.0. The molecule has 0 bridgehead atoms. The summed E-state index contributed by atoms with van der Waals surface area (Å²) in [6.45, 7) is 1.92. The monoisotopic (exact) mass is 239 g/mol. The minimum atomic E-state index is 0.939. The van der Waals surface area contributed by atoms with Gasteiger partial charge in [0.15, 0.2) is 0 Å². The molecule has 18 heavy (non-hydrogen) atoms. The lowest BCUT2D eigenvalue weighted by molar-refractivity contribution is 0.854. The van der Waals surface area contributed by atoms with Crippen LogP contribution in [0.1, 0.15) is 18.4 Å². The van der Waals surface area contributed by atoms with Gasteiger partial charge in [0.25, 0.3) is 0 Å². The van der Waals surface area contributed by atoms with E-state index in [4.69, 9.17) is 0 Å². The van der Waals surface area contributed by atoms with Gasteiger partial charge >= 0.3 is 0 Å². The molecule has 0 saturated carbocycles. The average Bonchev–Trinajstić information content (AvgIpc) is 2.92. The largest absolute Gasteiger partial charge is 0.374 e. The Morgan fingerprint density at radius 2 is 2.11 bits per heavy atom. The van der Waals surface area contributed by atoms with Crippen molar-refractivity contribution >= 4 is 16.7 Å². The van der Waals surface area contributed by atoms with Crippen LogP contribution in [0.3, 0.4) is 0 Å². The number of pyridine rings is 1. The van der Waals surface area contributed by atoms with Crippen molar-refractivity contribution in [3.8, 4) is 0 Å². The van der Waals surface area contributed by atoms with Crippen molar-refractivity contribution in [1.82, 2.24) is 10.3 Å². The van der Waals surface area contributed by atoms with Gasteiger partial charge in [-0.05, 0) is 24.5 Å². The van der Waals surface area contributed by atoms with E-state index in [-0.39, 0.29) is 0 Å². The highest BCUT2D eigenvalue weighted by Gasteiger charge is 2.06. The molecule has 2 aromatic rings. The Balaban J connectivity index is 1.70. The summed E-state index contributed by atoms with van der Waals surface area (Å²) in [6.07, 6.45) is 5.15. The molecule has 0 atom stereocenters. The number of hydrogen-bond donors (Lipinski definition) is 1. The molecule has 0 fully saturated rings. The van der Waals surface area contributed by atoms with E-state index in [2.05, 4.69) is 39.6 Å². The van der Waals surface area contributed by atoms with Gasteiger partial charge in [0.1, 0.15) is 0 Å². The highest BCUT2D eigenvalue weighted by molar-refractivity contribution is 5.84.